The molecule has 2 heteroatoms. The first-order valence-electron chi connectivity index (χ1n) is 4.76. The number of epoxide rings is 1. The lowest BCUT2D eigenvalue weighted by atomic mass is 9.77. The Balaban J connectivity index is 2.10. The second-order valence-electron chi connectivity index (χ2n) is 4.60. The summed E-state index contributed by atoms with van der Waals surface area (Å²) in [6.07, 6.45) is 2.02. The summed E-state index contributed by atoms with van der Waals surface area (Å²) in [5.74, 6) is 1.08. The van der Waals surface area contributed by atoms with Crippen molar-refractivity contribution in [2.75, 3.05) is 0 Å². The van der Waals surface area contributed by atoms with Crippen molar-refractivity contribution in [1.29, 1.82) is 0 Å². The van der Waals surface area contributed by atoms with Crippen molar-refractivity contribution in [3.63, 3.8) is 0 Å². The van der Waals surface area contributed by atoms with Crippen LogP contribution in [0.2, 0.25) is 0 Å². The lowest BCUT2D eigenvalue weighted by Gasteiger charge is -2.23. The lowest BCUT2D eigenvalue weighted by Crippen LogP contribution is -2.34. The largest absolute Gasteiger partial charge is 0.358 e. The molecule has 0 aromatic heterocycles. The fourth-order valence-electron chi connectivity index (χ4n) is 2.22. The SMILES string of the molecule is CC(C)[C@@H]1CC[C@@]2(C)O[C@@H]2C1=O. The summed E-state index contributed by atoms with van der Waals surface area (Å²) in [6.45, 7) is 6.29. The fraction of sp³-hybridized carbons (Fsp3) is 0.900. The molecular weight excluding hydrogens is 152 g/mol. The van der Waals surface area contributed by atoms with Crippen molar-refractivity contribution in [2.24, 2.45) is 11.8 Å². The van der Waals surface area contributed by atoms with E-state index in [4.69, 9.17) is 4.74 Å². The smallest absolute Gasteiger partial charge is 0.167 e. The molecule has 3 atom stereocenters. The molecule has 2 rings (SSSR count). The number of fused-ring (bicyclic) bond motifs is 1. The number of Topliss-reactive ketones (excluding diaryl/α,β-unsaturated/α-hetero) is 1. The van der Waals surface area contributed by atoms with Crippen molar-refractivity contribution in [1.82, 2.24) is 0 Å². The summed E-state index contributed by atoms with van der Waals surface area (Å²) in [4.78, 5) is 11.7. The number of ketones is 1. The molecule has 0 radical (unpaired) electrons. The molecule has 0 N–H and O–H groups in total. The molecule has 0 spiro atoms. The van der Waals surface area contributed by atoms with Gasteiger partial charge in [0.25, 0.3) is 0 Å². The Morgan fingerprint density at radius 2 is 2.25 bits per heavy atom. The average Bonchev–Trinajstić information content (AvgIpc) is 2.62. The maximum atomic E-state index is 11.7. The van der Waals surface area contributed by atoms with Gasteiger partial charge in [-0.1, -0.05) is 13.8 Å². The first kappa shape index (κ1) is 8.24. The normalized spacial score (nSPS) is 46.2. The Bertz CT molecular complexity index is 222. The van der Waals surface area contributed by atoms with Gasteiger partial charge in [-0.2, -0.15) is 0 Å². The summed E-state index contributed by atoms with van der Waals surface area (Å²) < 4.78 is 5.41. The van der Waals surface area contributed by atoms with Gasteiger partial charge in [-0.05, 0) is 25.7 Å². The summed E-state index contributed by atoms with van der Waals surface area (Å²) in [5, 5.41) is 0. The number of ether oxygens (including phenoxy) is 1. The van der Waals surface area contributed by atoms with Crippen molar-refractivity contribution >= 4 is 5.78 Å². The van der Waals surface area contributed by atoms with Crippen LogP contribution in [0.15, 0.2) is 0 Å². The van der Waals surface area contributed by atoms with Crippen LogP contribution in [0.25, 0.3) is 0 Å². The topological polar surface area (TPSA) is 29.6 Å². The molecule has 2 aliphatic rings. The minimum atomic E-state index is -0.0670. The molecule has 1 saturated carbocycles. The zero-order valence-corrected chi connectivity index (χ0v) is 7.96. The van der Waals surface area contributed by atoms with Gasteiger partial charge in [0.1, 0.15) is 6.10 Å². The van der Waals surface area contributed by atoms with Gasteiger partial charge in [-0.15, -0.1) is 0 Å². The van der Waals surface area contributed by atoms with E-state index in [1.54, 1.807) is 0 Å². The van der Waals surface area contributed by atoms with E-state index in [2.05, 4.69) is 13.8 Å². The maximum absolute atomic E-state index is 11.7. The van der Waals surface area contributed by atoms with Crippen molar-refractivity contribution < 1.29 is 9.53 Å². The number of carbonyl (C=O) groups excluding carboxylic acids is 1. The predicted octanol–water partition coefficient (Wildman–Crippen LogP) is 1.78. The molecule has 0 amide bonds. The highest BCUT2D eigenvalue weighted by Crippen LogP contribution is 2.48. The van der Waals surface area contributed by atoms with Gasteiger partial charge in [0, 0.05) is 5.92 Å². The molecule has 2 fully saturated rings. The Kier molecular flexibility index (Phi) is 1.59. The zero-order valence-electron chi connectivity index (χ0n) is 7.96. The summed E-state index contributed by atoms with van der Waals surface area (Å²) >= 11 is 0. The second-order valence-corrected chi connectivity index (χ2v) is 4.60. The highest BCUT2D eigenvalue weighted by Gasteiger charge is 2.60. The van der Waals surface area contributed by atoms with Crippen LogP contribution in [-0.2, 0) is 9.53 Å². The molecule has 68 valence electrons. The number of carbonyl (C=O) groups is 1. The van der Waals surface area contributed by atoms with Gasteiger partial charge in [0.15, 0.2) is 5.78 Å². The summed E-state index contributed by atoms with van der Waals surface area (Å²) in [6, 6.07) is 0. The standard InChI is InChI=1S/C10H16O2/c1-6(2)7-4-5-10(3)9(12-10)8(7)11/h6-7,9H,4-5H2,1-3H3/t7-,9+,10+/m0/s1. The van der Waals surface area contributed by atoms with Crippen LogP contribution in [0, 0.1) is 11.8 Å². The molecule has 0 aromatic carbocycles. The second kappa shape index (κ2) is 2.32. The Hall–Kier alpha value is -0.370. The summed E-state index contributed by atoms with van der Waals surface area (Å²) in [7, 11) is 0. The zero-order chi connectivity index (χ0) is 8.93. The van der Waals surface area contributed by atoms with Gasteiger partial charge in [-0.25, -0.2) is 0 Å². The first-order valence-corrected chi connectivity index (χ1v) is 4.76. The van der Waals surface area contributed by atoms with E-state index >= 15 is 0 Å². The van der Waals surface area contributed by atoms with Crippen LogP contribution in [0.1, 0.15) is 33.6 Å². The van der Waals surface area contributed by atoms with E-state index in [0.29, 0.717) is 11.7 Å². The van der Waals surface area contributed by atoms with Crippen LogP contribution in [0.4, 0.5) is 0 Å². The molecule has 1 saturated heterocycles. The monoisotopic (exact) mass is 168 g/mol. The Morgan fingerprint density at radius 1 is 1.58 bits per heavy atom. The van der Waals surface area contributed by atoms with E-state index in [1.807, 2.05) is 6.92 Å². The third-order valence-electron chi connectivity index (χ3n) is 3.26. The van der Waals surface area contributed by atoms with Crippen LogP contribution in [-0.4, -0.2) is 17.5 Å². The van der Waals surface area contributed by atoms with Crippen LogP contribution in [0.3, 0.4) is 0 Å². The molecule has 1 aliphatic heterocycles. The van der Waals surface area contributed by atoms with Crippen molar-refractivity contribution in [3.05, 3.63) is 0 Å². The molecule has 0 aromatic rings. The highest BCUT2D eigenvalue weighted by molar-refractivity contribution is 5.90. The first-order chi connectivity index (χ1) is 5.54. The van der Waals surface area contributed by atoms with E-state index in [1.165, 1.54) is 0 Å². The fourth-order valence-corrected chi connectivity index (χ4v) is 2.22. The minimum Gasteiger partial charge on any atom is -0.358 e. The third-order valence-corrected chi connectivity index (χ3v) is 3.26. The van der Waals surface area contributed by atoms with E-state index in [9.17, 15) is 4.79 Å². The number of rotatable bonds is 1. The minimum absolute atomic E-state index is 0.0568. The van der Waals surface area contributed by atoms with Gasteiger partial charge < -0.3 is 4.74 Å². The molecule has 2 nitrogen and oxygen atoms in total. The molecule has 0 unspecified atom stereocenters. The summed E-state index contributed by atoms with van der Waals surface area (Å²) in [5.41, 5.74) is -0.0670. The van der Waals surface area contributed by atoms with Gasteiger partial charge in [-0.3, -0.25) is 4.79 Å². The predicted molar refractivity (Wildman–Crippen MR) is 45.8 cm³/mol. The van der Waals surface area contributed by atoms with E-state index in [-0.39, 0.29) is 17.6 Å². The highest BCUT2D eigenvalue weighted by atomic mass is 16.6. The van der Waals surface area contributed by atoms with E-state index < -0.39 is 0 Å². The molecule has 1 aliphatic carbocycles. The lowest BCUT2D eigenvalue weighted by molar-refractivity contribution is -0.126. The van der Waals surface area contributed by atoms with E-state index in [0.717, 1.165) is 12.8 Å². The Labute approximate surface area is 73.3 Å². The van der Waals surface area contributed by atoms with Crippen molar-refractivity contribution in [3.8, 4) is 0 Å². The van der Waals surface area contributed by atoms with Gasteiger partial charge in [0.2, 0.25) is 0 Å². The molecular formula is C10H16O2. The van der Waals surface area contributed by atoms with Crippen LogP contribution >= 0.6 is 0 Å². The number of hydrogen-bond donors (Lipinski definition) is 0. The molecule has 0 bridgehead atoms. The van der Waals surface area contributed by atoms with Gasteiger partial charge >= 0.3 is 0 Å². The Morgan fingerprint density at radius 3 is 2.83 bits per heavy atom. The molecule has 12 heavy (non-hydrogen) atoms. The quantitative estimate of drug-likeness (QED) is 0.558. The number of hydrogen-bond acceptors (Lipinski definition) is 2. The molecule has 1 heterocycles. The third kappa shape index (κ3) is 1.01. The van der Waals surface area contributed by atoms with Crippen LogP contribution in [0.5, 0.6) is 0 Å². The average molecular weight is 168 g/mol. The maximum Gasteiger partial charge on any atom is 0.167 e. The van der Waals surface area contributed by atoms with Gasteiger partial charge in [0.05, 0.1) is 5.60 Å². The van der Waals surface area contributed by atoms with Crippen molar-refractivity contribution in [2.45, 2.75) is 45.3 Å². The van der Waals surface area contributed by atoms with Crippen LogP contribution < -0.4 is 0 Å².